The Balaban J connectivity index is 2.08. The Morgan fingerprint density at radius 2 is 2.23 bits per heavy atom. The third kappa shape index (κ3) is 4.07. The monoisotopic (exact) mass is 303 g/mol. The molecule has 120 valence electrons. The molecule has 3 N–H and O–H groups in total. The van der Waals surface area contributed by atoms with Crippen LogP contribution in [0.5, 0.6) is 0 Å². The van der Waals surface area contributed by atoms with Gasteiger partial charge in [-0.25, -0.2) is 0 Å². The second-order valence-corrected chi connectivity index (χ2v) is 6.00. The van der Waals surface area contributed by atoms with Gasteiger partial charge in [0.25, 0.3) is 5.91 Å². The van der Waals surface area contributed by atoms with Crippen LogP contribution in [0.1, 0.15) is 43.5 Å². The smallest absolute Gasteiger partial charge is 0.253 e. The summed E-state index contributed by atoms with van der Waals surface area (Å²) < 4.78 is 0. The molecule has 1 fully saturated rings. The average molecular weight is 303 g/mol. The highest BCUT2D eigenvalue weighted by atomic mass is 16.2. The molecule has 5 nitrogen and oxygen atoms in total. The number of anilines is 1. The van der Waals surface area contributed by atoms with E-state index in [-0.39, 0.29) is 17.9 Å². The molecule has 2 rings (SSSR count). The molecule has 22 heavy (non-hydrogen) atoms. The number of nitrogens with one attached hydrogen (secondary N) is 1. The molecule has 0 bridgehead atoms. The second kappa shape index (κ2) is 7.40. The second-order valence-electron chi connectivity index (χ2n) is 6.00. The van der Waals surface area contributed by atoms with Crippen LogP contribution >= 0.6 is 0 Å². The number of benzene rings is 1. The Morgan fingerprint density at radius 1 is 1.45 bits per heavy atom. The van der Waals surface area contributed by atoms with Crippen LogP contribution in [0.15, 0.2) is 24.3 Å². The molecule has 0 saturated carbocycles. The molecule has 1 aliphatic rings. The number of nitrogens with two attached hydrogens (primary N) is 1. The van der Waals surface area contributed by atoms with Crippen LogP contribution < -0.4 is 11.1 Å². The summed E-state index contributed by atoms with van der Waals surface area (Å²) in [5.74, 6) is 0.318. The lowest BCUT2D eigenvalue weighted by Gasteiger charge is -2.34. The number of carbonyl (C=O) groups excluding carboxylic acids is 2. The fraction of sp³-hybridized carbons (Fsp3) is 0.529. The normalized spacial score (nSPS) is 19.6. The van der Waals surface area contributed by atoms with E-state index in [1.54, 1.807) is 31.2 Å². The highest BCUT2D eigenvalue weighted by Gasteiger charge is 2.26. The Labute approximate surface area is 131 Å². The molecule has 2 amide bonds. The maximum absolute atomic E-state index is 12.6. The van der Waals surface area contributed by atoms with E-state index in [1.165, 1.54) is 0 Å². The predicted octanol–water partition coefficient (Wildman–Crippen LogP) is 2.23. The van der Waals surface area contributed by atoms with Gasteiger partial charge >= 0.3 is 0 Å². The van der Waals surface area contributed by atoms with Crippen LogP contribution in [0.4, 0.5) is 5.69 Å². The van der Waals surface area contributed by atoms with E-state index in [0.29, 0.717) is 30.1 Å². The number of hydrogen-bond acceptors (Lipinski definition) is 3. The number of likely N-dealkylation sites (tertiary alicyclic amines) is 1. The summed E-state index contributed by atoms with van der Waals surface area (Å²) in [5, 5.41) is 2.79. The predicted molar refractivity (Wildman–Crippen MR) is 87.6 cm³/mol. The van der Waals surface area contributed by atoms with Gasteiger partial charge in [-0.05, 0) is 43.9 Å². The summed E-state index contributed by atoms with van der Waals surface area (Å²) in [5.41, 5.74) is 7.25. The Bertz CT molecular complexity index is 542. The van der Waals surface area contributed by atoms with Crippen molar-refractivity contribution in [3.8, 4) is 0 Å². The van der Waals surface area contributed by atoms with E-state index in [2.05, 4.69) is 5.32 Å². The van der Waals surface area contributed by atoms with Crippen LogP contribution in [0.25, 0.3) is 0 Å². The molecular formula is C17H25N3O2. The molecule has 2 unspecified atom stereocenters. The third-order valence-electron chi connectivity index (χ3n) is 4.20. The van der Waals surface area contributed by atoms with E-state index < -0.39 is 0 Å². The SMILES string of the molecule is CCC(=O)Nc1cccc(C(=O)N2CCCC(C(C)N)C2)c1. The van der Waals surface area contributed by atoms with Crippen molar-refractivity contribution in [1.82, 2.24) is 4.90 Å². The molecule has 1 saturated heterocycles. The Hall–Kier alpha value is -1.88. The number of carbonyl (C=O) groups is 2. The Kier molecular flexibility index (Phi) is 5.55. The molecule has 1 aromatic carbocycles. The minimum Gasteiger partial charge on any atom is -0.338 e. The van der Waals surface area contributed by atoms with Gasteiger partial charge in [-0.1, -0.05) is 13.0 Å². The lowest BCUT2D eigenvalue weighted by atomic mass is 9.92. The summed E-state index contributed by atoms with van der Waals surface area (Å²) in [6, 6.07) is 7.23. The topological polar surface area (TPSA) is 75.4 Å². The number of hydrogen-bond donors (Lipinski definition) is 2. The number of piperidine rings is 1. The third-order valence-corrected chi connectivity index (χ3v) is 4.20. The van der Waals surface area contributed by atoms with Crippen LogP contribution in [-0.4, -0.2) is 35.8 Å². The van der Waals surface area contributed by atoms with Crippen LogP contribution in [0, 0.1) is 5.92 Å². The van der Waals surface area contributed by atoms with Crippen molar-refractivity contribution < 1.29 is 9.59 Å². The van der Waals surface area contributed by atoms with Gasteiger partial charge in [0, 0.05) is 36.8 Å². The maximum atomic E-state index is 12.6. The molecule has 0 aromatic heterocycles. The first-order chi connectivity index (χ1) is 10.5. The van der Waals surface area contributed by atoms with Gasteiger partial charge in [0.2, 0.25) is 5.91 Å². The molecule has 1 aromatic rings. The first-order valence-corrected chi connectivity index (χ1v) is 7.96. The zero-order valence-corrected chi connectivity index (χ0v) is 13.3. The van der Waals surface area contributed by atoms with Gasteiger partial charge in [-0.3, -0.25) is 9.59 Å². The lowest BCUT2D eigenvalue weighted by Crippen LogP contribution is -2.45. The van der Waals surface area contributed by atoms with Crippen molar-refractivity contribution in [2.75, 3.05) is 18.4 Å². The van der Waals surface area contributed by atoms with Gasteiger partial charge in [0.1, 0.15) is 0 Å². The zero-order chi connectivity index (χ0) is 16.1. The quantitative estimate of drug-likeness (QED) is 0.895. The fourth-order valence-electron chi connectivity index (χ4n) is 2.79. The first-order valence-electron chi connectivity index (χ1n) is 7.96. The van der Waals surface area contributed by atoms with Crippen molar-refractivity contribution in [2.45, 2.75) is 39.2 Å². The van der Waals surface area contributed by atoms with E-state index in [4.69, 9.17) is 5.73 Å². The molecule has 0 spiro atoms. The van der Waals surface area contributed by atoms with E-state index >= 15 is 0 Å². The van der Waals surface area contributed by atoms with Gasteiger partial charge in [-0.2, -0.15) is 0 Å². The summed E-state index contributed by atoms with van der Waals surface area (Å²) in [6.45, 7) is 5.28. The number of amides is 2. The number of nitrogens with zero attached hydrogens (tertiary/aromatic N) is 1. The minimum absolute atomic E-state index is 0.0120. The number of rotatable bonds is 4. The molecule has 0 aliphatic carbocycles. The first kappa shape index (κ1) is 16.5. The van der Waals surface area contributed by atoms with Crippen molar-refractivity contribution in [3.05, 3.63) is 29.8 Å². The van der Waals surface area contributed by atoms with Crippen molar-refractivity contribution >= 4 is 17.5 Å². The largest absolute Gasteiger partial charge is 0.338 e. The van der Waals surface area contributed by atoms with Gasteiger partial charge in [-0.15, -0.1) is 0 Å². The van der Waals surface area contributed by atoms with E-state index in [1.807, 2.05) is 11.8 Å². The standard InChI is InChI=1S/C17H25N3O2/c1-3-16(21)19-15-8-4-6-13(10-15)17(22)20-9-5-7-14(11-20)12(2)18/h4,6,8,10,12,14H,3,5,7,9,11,18H2,1-2H3,(H,19,21). The van der Waals surface area contributed by atoms with Crippen LogP contribution in [0.3, 0.4) is 0 Å². The summed E-state index contributed by atoms with van der Waals surface area (Å²) in [7, 11) is 0. The highest BCUT2D eigenvalue weighted by Crippen LogP contribution is 2.21. The molecule has 1 heterocycles. The Morgan fingerprint density at radius 3 is 2.91 bits per heavy atom. The molecule has 0 radical (unpaired) electrons. The molecule has 1 aliphatic heterocycles. The summed E-state index contributed by atoms with van der Waals surface area (Å²) in [6.07, 6.45) is 2.48. The average Bonchev–Trinajstić information content (AvgIpc) is 2.54. The highest BCUT2D eigenvalue weighted by molar-refractivity contribution is 5.97. The van der Waals surface area contributed by atoms with Crippen molar-refractivity contribution in [3.63, 3.8) is 0 Å². The van der Waals surface area contributed by atoms with Crippen molar-refractivity contribution in [1.29, 1.82) is 0 Å². The van der Waals surface area contributed by atoms with Crippen LogP contribution in [0.2, 0.25) is 0 Å². The molecular weight excluding hydrogens is 278 g/mol. The van der Waals surface area contributed by atoms with Gasteiger partial charge in [0.15, 0.2) is 0 Å². The van der Waals surface area contributed by atoms with E-state index in [9.17, 15) is 9.59 Å². The van der Waals surface area contributed by atoms with Crippen LogP contribution in [-0.2, 0) is 4.79 Å². The van der Waals surface area contributed by atoms with E-state index in [0.717, 1.165) is 19.4 Å². The maximum Gasteiger partial charge on any atom is 0.253 e. The summed E-state index contributed by atoms with van der Waals surface area (Å²) >= 11 is 0. The fourth-order valence-corrected chi connectivity index (χ4v) is 2.79. The van der Waals surface area contributed by atoms with Gasteiger partial charge < -0.3 is 16.0 Å². The van der Waals surface area contributed by atoms with Gasteiger partial charge in [0.05, 0.1) is 0 Å². The lowest BCUT2D eigenvalue weighted by molar-refractivity contribution is -0.115. The zero-order valence-electron chi connectivity index (χ0n) is 13.3. The van der Waals surface area contributed by atoms with Crippen molar-refractivity contribution in [2.24, 2.45) is 11.7 Å². The summed E-state index contributed by atoms with van der Waals surface area (Å²) in [4.78, 5) is 26.0. The molecule has 5 heteroatoms. The minimum atomic E-state index is -0.0559. The molecule has 2 atom stereocenters.